The van der Waals surface area contributed by atoms with E-state index in [4.69, 9.17) is 23.5 Å². The molecule has 25 heteroatoms. The molecule has 6 aliphatic heterocycles. The molecule has 4 amide bonds. The summed E-state index contributed by atoms with van der Waals surface area (Å²) in [6.07, 6.45) is -2.15. The van der Waals surface area contributed by atoms with Crippen molar-refractivity contribution in [2.24, 2.45) is 0 Å². The minimum atomic E-state index is -4.48. The van der Waals surface area contributed by atoms with Gasteiger partial charge in [0, 0.05) is 72.2 Å². The van der Waals surface area contributed by atoms with Gasteiger partial charge in [0.25, 0.3) is 10.1 Å². The van der Waals surface area contributed by atoms with Crippen molar-refractivity contribution in [3.63, 3.8) is 0 Å². The van der Waals surface area contributed by atoms with Crippen molar-refractivity contribution in [2.75, 3.05) is 93.3 Å². The van der Waals surface area contributed by atoms with Crippen molar-refractivity contribution in [3.05, 3.63) is 118 Å². The topological polar surface area (TPSA) is 214 Å². The van der Waals surface area contributed by atoms with E-state index in [1.807, 2.05) is 12.1 Å². The number of nitrogens with zero attached hydrogens (tertiary/aromatic N) is 2. The standard InChI is InChI=1S/2C26H26F3N3O4.CH4O3S.ClH/c2*27-26(28,29)18-4-6-20-16(2-1-9-36-23(20)14-18)13-24(33)30-19-5-3-17-12-22(25(34)31-21(17)15-19)32-7-10-35-11-8-32;1-5(2,3)4;/h2*3-6,13-15,22H,1-2,7-12H2,(H,30,33)(H,31,34);1H3,(H,2,3,4);1H/b2*16-13+;;. The number of fused-ring (bicyclic) bond motifs is 4. The number of carbonyl (C=O) groups is 4. The van der Waals surface area contributed by atoms with Crippen LogP contribution in [0.15, 0.2) is 84.9 Å². The zero-order valence-electron chi connectivity index (χ0n) is 42.1. The van der Waals surface area contributed by atoms with Gasteiger partial charge in [-0.1, -0.05) is 24.3 Å². The van der Waals surface area contributed by atoms with Crippen molar-refractivity contribution in [1.29, 1.82) is 0 Å². The average Bonchev–Trinajstić information content (AvgIpc) is 3.72. The lowest BCUT2D eigenvalue weighted by atomic mass is 9.97. The van der Waals surface area contributed by atoms with E-state index in [2.05, 4.69) is 31.1 Å². The van der Waals surface area contributed by atoms with Gasteiger partial charge in [-0.25, -0.2) is 0 Å². The van der Waals surface area contributed by atoms with E-state index in [9.17, 15) is 53.9 Å². The van der Waals surface area contributed by atoms with Crippen LogP contribution in [0.3, 0.4) is 0 Å². The number of ether oxygens (including phenoxy) is 4. The molecule has 0 spiro atoms. The molecule has 17 nitrogen and oxygen atoms in total. The molecule has 2 fully saturated rings. The van der Waals surface area contributed by atoms with Gasteiger partial charge in [-0.2, -0.15) is 34.8 Å². The Bertz CT molecular complexity index is 2860. The van der Waals surface area contributed by atoms with E-state index < -0.39 is 45.4 Å². The highest BCUT2D eigenvalue weighted by atomic mass is 35.5. The van der Waals surface area contributed by atoms with Gasteiger partial charge >= 0.3 is 12.4 Å². The number of amides is 4. The number of alkyl halides is 6. The number of halogens is 7. The lowest BCUT2D eigenvalue weighted by Crippen LogP contribution is -2.52. The van der Waals surface area contributed by atoms with Gasteiger partial charge in [-0.3, -0.25) is 33.5 Å². The number of rotatable bonds is 6. The molecule has 6 heterocycles. The molecular weight excluding hydrogens is 1080 g/mol. The van der Waals surface area contributed by atoms with Crippen molar-refractivity contribution < 1.29 is 77.4 Å². The number of hydrogen-bond acceptors (Lipinski definition) is 12. The van der Waals surface area contributed by atoms with Gasteiger partial charge < -0.3 is 40.2 Å². The maximum atomic E-state index is 13.1. The fourth-order valence-electron chi connectivity index (χ4n) is 9.60. The van der Waals surface area contributed by atoms with Crippen LogP contribution in [0, 0.1) is 0 Å². The summed E-state index contributed by atoms with van der Waals surface area (Å²) in [6, 6.07) is 16.9. The Balaban J connectivity index is 0.000000206. The minimum Gasteiger partial charge on any atom is -0.493 e. The van der Waals surface area contributed by atoms with E-state index in [-0.39, 0.29) is 61.0 Å². The molecule has 6 aliphatic rings. The molecule has 0 aliphatic carbocycles. The van der Waals surface area contributed by atoms with Gasteiger partial charge in [0.05, 0.1) is 69.1 Å². The largest absolute Gasteiger partial charge is 0.493 e. The molecule has 4 aromatic rings. The molecular formula is C53H57ClF6N6O11S. The monoisotopic (exact) mass is 1130 g/mol. The van der Waals surface area contributed by atoms with Crippen LogP contribution in [0.2, 0.25) is 0 Å². The highest BCUT2D eigenvalue weighted by molar-refractivity contribution is 7.85. The third-order valence-corrected chi connectivity index (χ3v) is 13.3. The molecule has 0 radical (unpaired) electrons. The zero-order valence-corrected chi connectivity index (χ0v) is 43.7. The molecule has 0 bridgehead atoms. The maximum absolute atomic E-state index is 13.1. The molecule has 2 saturated heterocycles. The van der Waals surface area contributed by atoms with Crippen LogP contribution in [0.1, 0.15) is 59.1 Å². The number of benzene rings is 4. The molecule has 5 N–H and O–H groups in total. The Labute approximate surface area is 451 Å². The van der Waals surface area contributed by atoms with E-state index in [1.165, 1.54) is 24.3 Å². The maximum Gasteiger partial charge on any atom is 0.416 e. The van der Waals surface area contributed by atoms with Gasteiger partial charge in [0.1, 0.15) is 11.5 Å². The normalized spacial score (nSPS) is 20.7. The third-order valence-electron chi connectivity index (χ3n) is 13.3. The second kappa shape index (κ2) is 25.5. The fourth-order valence-corrected chi connectivity index (χ4v) is 9.60. The van der Waals surface area contributed by atoms with E-state index >= 15 is 0 Å². The summed E-state index contributed by atoms with van der Waals surface area (Å²) >= 11 is 0. The molecule has 420 valence electrons. The smallest absolute Gasteiger partial charge is 0.416 e. The molecule has 0 aromatic heterocycles. The number of morpholine rings is 2. The van der Waals surface area contributed by atoms with Gasteiger partial charge in [-0.05, 0) is 109 Å². The summed E-state index contributed by atoms with van der Waals surface area (Å²) in [7, 11) is -3.67. The van der Waals surface area contributed by atoms with Gasteiger partial charge in [0.15, 0.2) is 0 Å². The first kappa shape index (κ1) is 59.1. The van der Waals surface area contributed by atoms with Crippen LogP contribution in [0.25, 0.3) is 11.1 Å². The van der Waals surface area contributed by atoms with Gasteiger partial charge in [-0.15, -0.1) is 12.4 Å². The number of anilines is 4. The van der Waals surface area contributed by atoms with E-state index in [0.29, 0.717) is 142 Å². The third kappa shape index (κ3) is 15.8. The molecule has 0 saturated carbocycles. The van der Waals surface area contributed by atoms with Crippen LogP contribution in [0.5, 0.6) is 11.5 Å². The van der Waals surface area contributed by atoms with Crippen molar-refractivity contribution in [2.45, 2.75) is 63.0 Å². The van der Waals surface area contributed by atoms with E-state index in [1.54, 1.807) is 24.3 Å². The first-order valence-electron chi connectivity index (χ1n) is 24.7. The summed E-state index contributed by atoms with van der Waals surface area (Å²) in [6.45, 7) is 5.81. The molecule has 4 aromatic carbocycles. The second-order valence-electron chi connectivity index (χ2n) is 18.8. The number of hydrogen-bond donors (Lipinski definition) is 5. The Kier molecular flexibility index (Phi) is 19.3. The SMILES string of the molecule is CS(=O)(=O)O.Cl.O=C(/C=C1\CCCOc2cc(C(F)(F)F)ccc21)Nc1ccc2c(c1)NC(=O)C(N1CCOCC1)C2.O=C(/C=C1\CCCOc2cc(C(F)(F)F)ccc21)Nc1ccc2c(c1)NC(=O)C(N1CCOCC1)C2. The lowest BCUT2D eigenvalue weighted by Gasteiger charge is -2.36. The van der Waals surface area contributed by atoms with Crippen molar-refractivity contribution in [3.8, 4) is 11.5 Å². The lowest BCUT2D eigenvalue weighted by molar-refractivity contribution is -0.138. The molecule has 2 atom stereocenters. The molecule has 78 heavy (non-hydrogen) atoms. The van der Waals surface area contributed by atoms with Crippen LogP contribution < -0.4 is 30.7 Å². The van der Waals surface area contributed by atoms with Crippen LogP contribution in [-0.2, 0) is 64.0 Å². The highest BCUT2D eigenvalue weighted by Crippen LogP contribution is 2.40. The van der Waals surface area contributed by atoms with Crippen molar-refractivity contribution in [1.82, 2.24) is 9.80 Å². The zero-order chi connectivity index (χ0) is 55.1. The second-order valence-corrected chi connectivity index (χ2v) is 20.3. The summed E-state index contributed by atoms with van der Waals surface area (Å²) < 4.78 is 126. The summed E-state index contributed by atoms with van der Waals surface area (Å²) in [5.41, 5.74) is 4.88. The first-order chi connectivity index (χ1) is 36.6. The first-order valence-corrected chi connectivity index (χ1v) is 26.6. The Morgan fingerprint density at radius 3 is 1.35 bits per heavy atom. The van der Waals surface area contributed by atoms with Crippen LogP contribution in [-0.4, -0.2) is 131 Å². The van der Waals surface area contributed by atoms with Gasteiger partial charge in [0.2, 0.25) is 23.6 Å². The minimum absolute atomic E-state index is 0. The summed E-state index contributed by atoms with van der Waals surface area (Å²) in [4.78, 5) is 55.3. The fraction of sp³-hybridized carbons (Fsp3) is 0.396. The predicted octanol–water partition coefficient (Wildman–Crippen LogP) is 8.12. The number of carbonyl (C=O) groups excluding carboxylic acids is 4. The summed E-state index contributed by atoms with van der Waals surface area (Å²) in [5, 5.41) is 11.5. The number of nitrogens with one attached hydrogen (secondary N) is 4. The van der Waals surface area contributed by atoms with E-state index in [0.717, 1.165) is 35.4 Å². The van der Waals surface area contributed by atoms with Crippen LogP contribution >= 0.6 is 12.4 Å². The Morgan fingerprint density at radius 2 is 0.987 bits per heavy atom. The predicted molar refractivity (Wildman–Crippen MR) is 280 cm³/mol. The highest BCUT2D eigenvalue weighted by Gasteiger charge is 2.36. The Morgan fingerprint density at radius 1 is 0.615 bits per heavy atom. The van der Waals surface area contributed by atoms with Crippen molar-refractivity contribution >= 4 is 80.0 Å². The quantitative estimate of drug-likeness (QED) is 0.0702. The molecule has 10 rings (SSSR count). The Hall–Kier alpha value is -6.54. The number of allylic oxidation sites excluding steroid dienone is 2. The molecule has 2 unspecified atom stereocenters. The average molecular weight is 1140 g/mol. The van der Waals surface area contributed by atoms with Crippen LogP contribution in [0.4, 0.5) is 49.1 Å². The summed E-state index contributed by atoms with van der Waals surface area (Å²) in [5.74, 6) is -0.746.